The second-order valence-corrected chi connectivity index (χ2v) is 9.70. The Bertz CT molecular complexity index is 1100. The number of methoxy groups -OCH3 is 1. The number of nitrogens with zero attached hydrogens (tertiary/aromatic N) is 3. The van der Waals surface area contributed by atoms with E-state index in [1.54, 1.807) is 7.11 Å². The van der Waals surface area contributed by atoms with E-state index in [1.807, 2.05) is 6.07 Å². The summed E-state index contributed by atoms with van der Waals surface area (Å²) in [5.74, 6) is 2.80. The highest BCUT2D eigenvalue weighted by Crippen LogP contribution is 2.30. The van der Waals surface area contributed by atoms with Gasteiger partial charge >= 0.3 is 0 Å². The van der Waals surface area contributed by atoms with Gasteiger partial charge in [-0.3, -0.25) is 0 Å². The van der Waals surface area contributed by atoms with Crippen LogP contribution in [0.4, 0.5) is 11.8 Å². The number of nitrogens with one attached hydrogen (secondary N) is 3. The first-order valence-corrected chi connectivity index (χ1v) is 12.3. The third-order valence-electron chi connectivity index (χ3n) is 7.20. The molecule has 2 aromatic heterocycles. The van der Waals surface area contributed by atoms with Crippen LogP contribution in [-0.2, 0) is 19.4 Å². The number of hydrogen-bond donors (Lipinski definition) is 3. The molecule has 0 saturated heterocycles. The van der Waals surface area contributed by atoms with Crippen LogP contribution in [0.1, 0.15) is 55.3 Å². The van der Waals surface area contributed by atoms with Gasteiger partial charge in [-0.15, -0.1) is 0 Å². The van der Waals surface area contributed by atoms with Crippen LogP contribution in [0.2, 0.25) is 0 Å². The first kappa shape index (κ1) is 22.0. The summed E-state index contributed by atoms with van der Waals surface area (Å²) in [6.45, 7) is 0.871. The second kappa shape index (κ2) is 9.59. The van der Waals surface area contributed by atoms with Gasteiger partial charge in [-0.2, -0.15) is 4.98 Å². The van der Waals surface area contributed by atoms with Gasteiger partial charge in [0.25, 0.3) is 0 Å². The summed E-state index contributed by atoms with van der Waals surface area (Å²) in [5, 5.41) is 8.67. The van der Waals surface area contributed by atoms with Crippen molar-refractivity contribution in [2.75, 3.05) is 31.4 Å². The predicted octanol–water partition coefficient (Wildman–Crippen LogP) is 4.42. The lowest BCUT2D eigenvalue weighted by Crippen LogP contribution is -2.37. The van der Waals surface area contributed by atoms with Gasteiger partial charge < -0.3 is 25.3 Å². The smallest absolute Gasteiger partial charge is 0.225 e. The minimum atomic E-state index is 0.442. The third-order valence-corrected chi connectivity index (χ3v) is 7.20. The molecule has 0 unspecified atom stereocenters. The molecular weight excluding hydrogens is 412 g/mol. The molecule has 2 heterocycles. The van der Waals surface area contributed by atoms with Crippen molar-refractivity contribution in [3.8, 4) is 5.75 Å². The fraction of sp³-hybridized carbons (Fsp3) is 0.538. The van der Waals surface area contributed by atoms with Crippen LogP contribution < -0.4 is 20.3 Å². The number of fused-ring (bicyclic) bond motifs is 2. The maximum Gasteiger partial charge on any atom is 0.225 e. The van der Waals surface area contributed by atoms with Gasteiger partial charge in [0.1, 0.15) is 11.6 Å². The molecule has 33 heavy (non-hydrogen) atoms. The summed E-state index contributed by atoms with van der Waals surface area (Å²) in [6, 6.07) is 7.18. The van der Waals surface area contributed by atoms with Crippen molar-refractivity contribution in [2.24, 2.45) is 0 Å². The van der Waals surface area contributed by atoms with Gasteiger partial charge in [-0.25, -0.2) is 4.98 Å². The number of H-pyrrole nitrogens is 1. The number of ether oxygens (including phenoxy) is 1. The third kappa shape index (κ3) is 4.78. The van der Waals surface area contributed by atoms with Crippen molar-refractivity contribution in [3.05, 3.63) is 41.2 Å². The van der Waals surface area contributed by atoms with Crippen LogP contribution in [0.3, 0.4) is 0 Å². The highest BCUT2D eigenvalue weighted by atomic mass is 16.5. The number of rotatable bonds is 7. The number of anilines is 2. The summed E-state index contributed by atoms with van der Waals surface area (Å²) in [6.07, 6.45) is 11.4. The molecule has 1 fully saturated rings. The van der Waals surface area contributed by atoms with Gasteiger partial charge in [0, 0.05) is 55.4 Å². The summed E-state index contributed by atoms with van der Waals surface area (Å²) < 4.78 is 5.40. The first-order valence-electron chi connectivity index (χ1n) is 12.3. The summed E-state index contributed by atoms with van der Waals surface area (Å²) >= 11 is 0. The molecule has 3 N–H and O–H groups in total. The zero-order chi connectivity index (χ0) is 22.8. The molecular formula is C26H36N6O. The predicted molar refractivity (Wildman–Crippen MR) is 134 cm³/mol. The van der Waals surface area contributed by atoms with Crippen molar-refractivity contribution in [1.82, 2.24) is 20.3 Å². The highest BCUT2D eigenvalue weighted by Gasteiger charge is 2.24. The number of aromatic amines is 1. The molecule has 3 aromatic rings. The van der Waals surface area contributed by atoms with Crippen LogP contribution in [-0.4, -0.2) is 48.2 Å². The van der Waals surface area contributed by atoms with Crippen molar-refractivity contribution >= 4 is 22.7 Å². The molecule has 5 rings (SSSR count). The Morgan fingerprint density at radius 2 is 1.85 bits per heavy atom. The maximum atomic E-state index is 5.40. The Labute approximate surface area is 196 Å². The van der Waals surface area contributed by atoms with E-state index in [0.29, 0.717) is 12.1 Å². The molecule has 2 aliphatic carbocycles. The van der Waals surface area contributed by atoms with E-state index in [4.69, 9.17) is 14.7 Å². The van der Waals surface area contributed by atoms with Gasteiger partial charge in [-0.1, -0.05) is 0 Å². The zero-order valence-corrected chi connectivity index (χ0v) is 20.1. The largest absolute Gasteiger partial charge is 0.497 e. The molecule has 1 aromatic carbocycles. The van der Waals surface area contributed by atoms with Crippen LogP contribution in [0, 0.1) is 0 Å². The van der Waals surface area contributed by atoms with E-state index >= 15 is 0 Å². The number of aryl methyl sites for hydroxylation is 1. The quantitative estimate of drug-likeness (QED) is 0.497. The molecule has 7 heteroatoms. The van der Waals surface area contributed by atoms with E-state index in [2.05, 4.69) is 52.9 Å². The number of aromatic nitrogens is 3. The van der Waals surface area contributed by atoms with Crippen molar-refractivity contribution in [1.29, 1.82) is 0 Å². The Morgan fingerprint density at radius 3 is 2.64 bits per heavy atom. The lowest BCUT2D eigenvalue weighted by molar-refractivity contribution is 0.352. The van der Waals surface area contributed by atoms with Gasteiger partial charge in [0.2, 0.25) is 5.95 Å². The molecule has 0 atom stereocenters. The number of benzene rings is 1. The lowest BCUT2D eigenvalue weighted by atomic mass is 9.91. The Balaban J connectivity index is 1.17. The lowest BCUT2D eigenvalue weighted by Gasteiger charge is -2.30. The van der Waals surface area contributed by atoms with Crippen LogP contribution in [0.25, 0.3) is 10.9 Å². The SMILES string of the molecule is COc1ccc2[nH]cc(CNC3CCC(Nc4nc5c(c(N(C)C)n4)CCCC5)CC3)c2c1. The maximum absolute atomic E-state index is 5.40. The van der Waals surface area contributed by atoms with Gasteiger partial charge in [-0.05, 0) is 75.1 Å². The van der Waals surface area contributed by atoms with Gasteiger partial charge in [0.15, 0.2) is 0 Å². The summed E-state index contributed by atoms with van der Waals surface area (Å²) in [7, 11) is 5.89. The number of hydrogen-bond acceptors (Lipinski definition) is 6. The fourth-order valence-electron chi connectivity index (χ4n) is 5.32. The molecule has 2 aliphatic rings. The average molecular weight is 449 g/mol. The van der Waals surface area contributed by atoms with Gasteiger partial charge in [0.05, 0.1) is 12.8 Å². The minimum absolute atomic E-state index is 0.442. The summed E-state index contributed by atoms with van der Waals surface area (Å²) in [4.78, 5) is 15.3. The van der Waals surface area contributed by atoms with Crippen LogP contribution in [0.5, 0.6) is 5.75 Å². The Hall–Kier alpha value is -2.80. The Morgan fingerprint density at radius 1 is 1.06 bits per heavy atom. The Kier molecular flexibility index (Phi) is 6.40. The van der Waals surface area contributed by atoms with E-state index < -0.39 is 0 Å². The topological polar surface area (TPSA) is 78.1 Å². The van der Waals surface area contributed by atoms with E-state index in [9.17, 15) is 0 Å². The fourth-order valence-corrected chi connectivity index (χ4v) is 5.32. The molecule has 0 bridgehead atoms. The van der Waals surface area contributed by atoms with E-state index in [0.717, 1.165) is 68.1 Å². The van der Waals surface area contributed by atoms with Crippen LogP contribution in [0.15, 0.2) is 24.4 Å². The molecule has 1 saturated carbocycles. The normalized spacial score (nSPS) is 20.5. The monoisotopic (exact) mass is 448 g/mol. The summed E-state index contributed by atoms with van der Waals surface area (Å²) in [5.41, 5.74) is 5.04. The molecule has 0 amide bonds. The first-order chi connectivity index (χ1) is 16.1. The molecule has 0 aliphatic heterocycles. The molecule has 176 valence electrons. The molecule has 7 nitrogen and oxygen atoms in total. The average Bonchev–Trinajstić information content (AvgIpc) is 3.25. The zero-order valence-electron chi connectivity index (χ0n) is 20.1. The van der Waals surface area contributed by atoms with E-state index in [-0.39, 0.29) is 0 Å². The highest BCUT2D eigenvalue weighted by molar-refractivity contribution is 5.84. The standard InChI is InChI=1S/C26H36N6O/c1-32(2)25-21-6-4-5-7-24(21)30-26(31-25)29-19-10-8-18(9-11-19)27-15-17-16-28-23-13-12-20(33-3)14-22(17)23/h12-14,16,18-19,27-28H,4-11,15H2,1-3H3,(H,29,30,31). The van der Waals surface area contributed by atoms with Crippen LogP contribution >= 0.6 is 0 Å². The molecule has 0 spiro atoms. The molecule has 0 radical (unpaired) electrons. The minimum Gasteiger partial charge on any atom is -0.497 e. The van der Waals surface area contributed by atoms with Crippen molar-refractivity contribution in [2.45, 2.75) is 70.0 Å². The van der Waals surface area contributed by atoms with Crippen molar-refractivity contribution in [3.63, 3.8) is 0 Å². The second-order valence-electron chi connectivity index (χ2n) is 9.70. The van der Waals surface area contributed by atoms with E-state index in [1.165, 1.54) is 35.0 Å². The van der Waals surface area contributed by atoms with Crippen molar-refractivity contribution < 1.29 is 4.74 Å².